The first-order valence-electron chi connectivity index (χ1n) is 8.35. The van der Waals surface area contributed by atoms with Crippen LogP contribution in [0.25, 0.3) is 22.6 Å². The number of halogens is 1. The van der Waals surface area contributed by atoms with E-state index in [2.05, 4.69) is 20.3 Å². The van der Waals surface area contributed by atoms with Crippen molar-refractivity contribution in [3.8, 4) is 28.4 Å². The van der Waals surface area contributed by atoms with Gasteiger partial charge in [0.15, 0.2) is 5.13 Å². The highest BCUT2D eigenvalue weighted by atomic mass is 32.1. The fourth-order valence-electron chi connectivity index (χ4n) is 2.68. The van der Waals surface area contributed by atoms with Gasteiger partial charge in [-0.25, -0.2) is 14.4 Å². The van der Waals surface area contributed by atoms with Gasteiger partial charge in [0.1, 0.15) is 28.8 Å². The SMILES string of the molecule is COc1ccc(-c2nc(-c3ccc(F)cc3)[nH]c2C(=O)Nc2nccs2)cc1. The van der Waals surface area contributed by atoms with Gasteiger partial charge in [-0.2, -0.15) is 0 Å². The summed E-state index contributed by atoms with van der Waals surface area (Å²) in [6.45, 7) is 0. The molecule has 0 saturated heterocycles. The van der Waals surface area contributed by atoms with Gasteiger partial charge in [-0.15, -0.1) is 11.3 Å². The number of methoxy groups -OCH3 is 1. The molecule has 2 aromatic heterocycles. The lowest BCUT2D eigenvalue weighted by Crippen LogP contribution is -2.13. The van der Waals surface area contributed by atoms with Crippen LogP contribution in [0.5, 0.6) is 5.75 Å². The Bertz CT molecular complexity index is 1090. The predicted molar refractivity (Wildman–Crippen MR) is 106 cm³/mol. The van der Waals surface area contributed by atoms with Gasteiger partial charge in [-0.1, -0.05) is 0 Å². The summed E-state index contributed by atoms with van der Waals surface area (Å²) in [5.74, 6) is 0.469. The van der Waals surface area contributed by atoms with Gasteiger partial charge in [0, 0.05) is 22.7 Å². The number of H-pyrrole nitrogens is 1. The number of benzene rings is 2. The number of imidazole rings is 1. The zero-order valence-electron chi connectivity index (χ0n) is 14.8. The van der Waals surface area contributed by atoms with Crippen molar-refractivity contribution in [3.05, 3.63) is 71.6 Å². The third-order valence-corrected chi connectivity index (χ3v) is 4.75. The van der Waals surface area contributed by atoms with E-state index in [-0.39, 0.29) is 11.7 Å². The Morgan fingerprint density at radius 1 is 1.11 bits per heavy atom. The number of anilines is 1. The molecule has 0 saturated carbocycles. The number of amides is 1. The standard InChI is InChI=1S/C20H15FN4O2S/c1-27-15-8-4-12(5-9-15)16-17(19(26)25-20-22-10-11-28-20)24-18(23-16)13-2-6-14(21)7-3-13/h2-11H,1H3,(H,23,24)(H,22,25,26). The van der Waals surface area contributed by atoms with Crippen molar-refractivity contribution in [1.29, 1.82) is 0 Å². The van der Waals surface area contributed by atoms with E-state index >= 15 is 0 Å². The summed E-state index contributed by atoms with van der Waals surface area (Å²) < 4.78 is 18.4. The number of thiazole rings is 1. The minimum absolute atomic E-state index is 0.291. The predicted octanol–water partition coefficient (Wildman–Crippen LogP) is 4.60. The van der Waals surface area contributed by atoms with Crippen LogP contribution in [0.3, 0.4) is 0 Å². The van der Waals surface area contributed by atoms with E-state index in [9.17, 15) is 9.18 Å². The average molecular weight is 394 g/mol. The number of ether oxygens (including phenoxy) is 1. The minimum Gasteiger partial charge on any atom is -0.497 e. The van der Waals surface area contributed by atoms with Crippen molar-refractivity contribution in [2.24, 2.45) is 0 Å². The number of carbonyl (C=O) groups excluding carboxylic acids is 1. The van der Waals surface area contributed by atoms with E-state index in [4.69, 9.17) is 4.74 Å². The molecule has 1 amide bonds. The summed E-state index contributed by atoms with van der Waals surface area (Å²) in [6, 6.07) is 13.1. The molecular formula is C20H15FN4O2S. The van der Waals surface area contributed by atoms with Crippen LogP contribution < -0.4 is 10.1 Å². The van der Waals surface area contributed by atoms with Crippen molar-refractivity contribution in [2.45, 2.75) is 0 Å². The first-order valence-corrected chi connectivity index (χ1v) is 9.23. The fraction of sp³-hybridized carbons (Fsp3) is 0.0500. The quantitative estimate of drug-likeness (QED) is 0.518. The molecule has 2 N–H and O–H groups in total. The summed E-state index contributed by atoms with van der Waals surface area (Å²) in [7, 11) is 1.59. The lowest BCUT2D eigenvalue weighted by Gasteiger charge is -2.04. The van der Waals surface area contributed by atoms with Crippen molar-refractivity contribution in [1.82, 2.24) is 15.0 Å². The third-order valence-electron chi connectivity index (χ3n) is 4.06. The Balaban J connectivity index is 1.77. The molecule has 6 nitrogen and oxygen atoms in total. The van der Waals surface area contributed by atoms with Crippen LogP contribution in [0.2, 0.25) is 0 Å². The number of rotatable bonds is 5. The number of aromatic amines is 1. The molecule has 0 atom stereocenters. The smallest absolute Gasteiger partial charge is 0.276 e. The molecule has 0 spiro atoms. The molecule has 0 radical (unpaired) electrons. The van der Waals surface area contributed by atoms with Gasteiger partial charge < -0.3 is 9.72 Å². The van der Waals surface area contributed by atoms with Crippen LogP contribution in [0.4, 0.5) is 9.52 Å². The number of nitrogens with one attached hydrogen (secondary N) is 2. The molecule has 0 aliphatic heterocycles. The normalized spacial score (nSPS) is 10.6. The molecule has 0 bridgehead atoms. The highest BCUT2D eigenvalue weighted by Crippen LogP contribution is 2.28. The molecule has 0 fully saturated rings. The second-order valence-corrected chi connectivity index (χ2v) is 6.73. The number of nitrogens with zero attached hydrogens (tertiary/aromatic N) is 2. The summed E-state index contributed by atoms with van der Waals surface area (Å²) in [6.07, 6.45) is 1.61. The van der Waals surface area contributed by atoms with Crippen molar-refractivity contribution in [2.75, 3.05) is 12.4 Å². The number of carbonyl (C=O) groups is 1. The number of aromatic nitrogens is 3. The number of hydrogen-bond acceptors (Lipinski definition) is 5. The highest BCUT2D eigenvalue weighted by molar-refractivity contribution is 7.13. The Kier molecular flexibility index (Phi) is 4.86. The van der Waals surface area contributed by atoms with Crippen LogP contribution >= 0.6 is 11.3 Å². The Hall–Kier alpha value is -3.52. The Morgan fingerprint density at radius 3 is 2.46 bits per heavy atom. The van der Waals surface area contributed by atoms with Crippen LogP contribution in [-0.2, 0) is 0 Å². The maximum absolute atomic E-state index is 13.3. The van der Waals surface area contributed by atoms with Gasteiger partial charge in [0.05, 0.1) is 7.11 Å². The first-order chi connectivity index (χ1) is 13.6. The maximum Gasteiger partial charge on any atom is 0.276 e. The second kappa shape index (κ2) is 7.61. The molecule has 8 heteroatoms. The Labute approximate surface area is 164 Å². The van der Waals surface area contributed by atoms with E-state index in [1.165, 1.54) is 23.5 Å². The van der Waals surface area contributed by atoms with E-state index in [0.29, 0.717) is 33.7 Å². The largest absolute Gasteiger partial charge is 0.497 e. The molecule has 28 heavy (non-hydrogen) atoms. The van der Waals surface area contributed by atoms with Gasteiger partial charge in [-0.3, -0.25) is 10.1 Å². The van der Waals surface area contributed by atoms with E-state index in [1.54, 1.807) is 43.0 Å². The lowest BCUT2D eigenvalue weighted by atomic mass is 10.1. The Morgan fingerprint density at radius 2 is 1.82 bits per heavy atom. The van der Waals surface area contributed by atoms with Gasteiger partial charge >= 0.3 is 0 Å². The fourth-order valence-corrected chi connectivity index (χ4v) is 3.21. The van der Waals surface area contributed by atoms with Crippen molar-refractivity contribution < 1.29 is 13.9 Å². The average Bonchev–Trinajstić information content (AvgIpc) is 3.38. The molecule has 0 unspecified atom stereocenters. The minimum atomic E-state index is -0.360. The summed E-state index contributed by atoms with van der Waals surface area (Å²) in [4.78, 5) is 24.5. The topological polar surface area (TPSA) is 79.9 Å². The molecule has 4 rings (SSSR count). The zero-order valence-corrected chi connectivity index (χ0v) is 15.6. The van der Waals surface area contributed by atoms with E-state index in [0.717, 1.165) is 5.56 Å². The lowest BCUT2D eigenvalue weighted by molar-refractivity contribution is 0.102. The molecule has 2 aromatic carbocycles. The first kappa shape index (κ1) is 17.9. The van der Waals surface area contributed by atoms with Crippen LogP contribution in [0.15, 0.2) is 60.1 Å². The van der Waals surface area contributed by atoms with Crippen LogP contribution in [0, 0.1) is 5.82 Å². The van der Waals surface area contributed by atoms with Gasteiger partial charge in [-0.05, 0) is 48.5 Å². The second-order valence-electron chi connectivity index (χ2n) is 5.84. The molecule has 140 valence electrons. The van der Waals surface area contributed by atoms with Crippen LogP contribution in [-0.4, -0.2) is 28.0 Å². The molecule has 0 aliphatic rings. The monoisotopic (exact) mass is 394 g/mol. The summed E-state index contributed by atoms with van der Waals surface area (Å²) in [5.41, 5.74) is 2.19. The van der Waals surface area contributed by atoms with Crippen LogP contribution in [0.1, 0.15) is 10.5 Å². The highest BCUT2D eigenvalue weighted by Gasteiger charge is 2.20. The molecular weight excluding hydrogens is 379 g/mol. The molecule has 0 aliphatic carbocycles. The maximum atomic E-state index is 13.3. The van der Waals surface area contributed by atoms with Crippen molar-refractivity contribution in [3.63, 3.8) is 0 Å². The number of hydrogen-bond donors (Lipinski definition) is 2. The van der Waals surface area contributed by atoms with Gasteiger partial charge in [0.2, 0.25) is 0 Å². The van der Waals surface area contributed by atoms with E-state index < -0.39 is 0 Å². The third kappa shape index (κ3) is 3.63. The molecule has 4 aromatic rings. The molecule has 2 heterocycles. The zero-order chi connectivity index (χ0) is 19.5. The summed E-state index contributed by atoms with van der Waals surface area (Å²) >= 11 is 1.32. The summed E-state index contributed by atoms with van der Waals surface area (Å²) in [5, 5.41) is 5.02. The van der Waals surface area contributed by atoms with Gasteiger partial charge in [0.25, 0.3) is 5.91 Å². The van der Waals surface area contributed by atoms with Crippen molar-refractivity contribution >= 4 is 22.4 Å². The van der Waals surface area contributed by atoms with E-state index in [1.807, 2.05) is 12.1 Å².